The van der Waals surface area contributed by atoms with Crippen molar-refractivity contribution in [3.63, 3.8) is 0 Å². The molecule has 2 rings (SSSR count). The Labute approximate surface area is 170 Å². The molecule has 2 aromatic rings. The molecule has 0 radical (unpaired) electrons. The van der Waals surface area contributed by atoms with Gasteiger partial charge < -0.3 is 14.2 Å². The Kier molecular flexibility index (Phi) is 7.35. The lowest BCUT2D eigenvalue weighted by molar-refractivity contribution is 0.0583. The van der Waals surface area contributed by atoms with Gasteiger partial charge in [0.1, 0.15) is 5.75 Å². The first kappa shape index (κ1) is 22.4. The van der Waals surface area contributed by atoms with Crippen LogP contribution in [0.1, 0.15) is 26.3 Å². The fourth-order valence-electron chi connectivity index (χ4n) is 2.73. The van der Waals surface area contributed by atoms with Gasteiger partial charge in [0, 0.05) is 13.6 Å². The molecule has 0 atom stereocenters. The Hall–Kier alpha value is -2.91. The summed E-state index contributed by atoms with van der Waals surface area (Å²) < 4.78 is 42.0. The molecule has 156 valence electrons. The van der Waals surface area contributed by atoms with Crippen molar-refractivity contribution in [2.75, 3.05) is 34.9 Å². The number of para-hydroxylation sites is 1. The van der Waals surface area contributed by atoms with E-state index in [4.69, 9.17) is 4.74 Å². The van der Waals surface area contributed by atoms with Crippen LogP contribution in [0.3, 0.4) is 0 Å². The average molecular weight is 421 g/mol. The van der Waals surface area contributed by atoms with Gasteiger partial charge in [-0.05, 0) is 36.2 Å². The van der Waals surface area contributed by atoms with E-state index in [1.54, 1.807) is 13.2 Å². The van der Waals surface area contributed by atoms with Crippen LogP contribution in [0.5, 0.6) is 5.75 Å². The molecule has 0 N–H and O–H groups in total. The highest BCUT2D eigenvalue weighted by Gasteiger charge is 2.28. The number of benzene rings is 2. The topological polar surface area (TPSA) is 99.2 Å². The molecule has 0 unspecified atom stereocenters. The molecule has 0 bridgehead atoms. The maximum atomic E-state index is 13.1. The van der Waals surface area contributed by atoms with Gasteiger partial charge in [-0.15, -0.1) is 0 Å². The summed E-state index contributed by atoms with van der Waals surface area (Å²) in [6, 6.07) is 11.0. The maximum Gasteiger partial charge on any atom is 0.339 e. The van der Waals surface area contributed by atoms with Crippen LogP contribution in [0, 0.1) is 0 Å². The van der Waals surface area contributed by atoms with Crippen molar-refractivity contribution >= 4 is 22.0 Å². The van der Waals surface area contributed by atoms with Gasteiger partial charge in [-0.2, -0.15) is 0 Å². The third kappa shape index (κ3) is 4.93. The van der Waals surface area contributed by atoms with Gasteiger partial charge in [0.05, 0.1) is 37.4 Å². The third-order valence-corrected chi connectivity index (χ3v) is 6.28. The Morgan fingerprint density at radius 3 is 2.24 bits per heavy atom. The van der Waals surface area contributed by atoms with Gasteiger partial charge in [-0.3, -0.25) is 0 Å². The largest absolute Gasteiger partial charge is 0.496 e. The number of ether oxygens (including phenoxy) is 3. The highest BCUT2D eigenvalue weighted by Crippen LogP contribution is 2.24. The predicted octanol–water partition coefficient (Wildman–Crippen LogP) is 2.13. The molecule has 0 saturated heterocycles. The summed E-state index contributed by atoms with van der Waals surface area (Å²) in [4.78, 5) is 23.6. The van der Waals surface area contributed by atoms with Crippen LogP contribution in [-0.4, -0.2) is 59.6 Å². The molecule has 0 heterocycles. The lowest BCUT2D eigenvalue weighted by Gasteiger charge is -2.20. The van der Waals surface area contributed by atoms with Crippen molar-refractivity contribution in [3.05, 3.63) is 59.2 Å². The zero-order valence-corrected chi connectivity index (χ0v) is 17.5. The first-order valence-corrected chi connectivity index (χ1v) is 10.1. The molecule has 0 aliphatic carbocycles. The van der Waals surface area contributed by atoms with E-state index in [0.717, 1.165) is 23.0 Å². The second kappa shape index (κ2) is 9.53. The Bertz CT molecular complexity index is 1000. The molecular weight excluding hydrogens is 398 g/mol. The zero-order chi connectivity index (χ0) is 21.6. The van der Waals surface area contributed by atoms with Gasteiger partial charge in [0.2, 0.25) is 10.0 Å². The maximum absolute atomic E-state index is 13.1. The highest BCUT2D eigenvalue weighted by molar-refractivity contribution is 7.89. The molecule has 0 spiro atoms. The minimum absolute atomic E-state index is 0.0110. The van der Waals surface area contributed by atoms with E-state index in [0.29, 0.717) is 12.2 Å². The molecule has 8 nitrogen and oxygen atoms in total. The van der Waals surface area contributed by atoms with Gasteiger partial charge in [0.15, 0.2) is 0 Å². The van der Waals surface area contributed by atoms with Crippen molar-refractivity contribution in [1.82, 2.24) is 4.31 Å². The highest BCUT2D eigenvalue weighted by atomic mass is 32.2. The molecule has 29 heavy (non-hydrogen) atoms. The molecule has 0 aromatic heterocycles. The number of esters is 2. The molecule has 0 saturated carbocycles. The first-order valence-electron chi connectivity index (χ1n) is 8.65. The predicted molar refractivity (Wildman–Crippen MR) is 106 cm³/mol. The molecule has 0 amide bonds. The van der Waals surface area contributed by atoms with Gasteiger partial charge in [0.25, 0.3) is 0 Å². The Balaban J connectivity index is 2.39. The number of likely N-dealkylation sites (N-methyl/N-ethyl adjacent to an activating group) is 1. The van der Waals surface area contributed by atoms with Crippen LogP contribution in [0.4, 0.5) is 0 Å². The fourth-order valence-corrected chi connectivity index (χ4v) is 4.11. The minimum atomic E-state index is -4.09. The van der Waals surface area contributed by atoms with Crippen molar-refractivity contribution < 1.29 is 32.2 Å². The van der Waals surface area contributed by atoms with E-state index in [2.05, 4.69) is 9.47 Å². The molecule has 9 heteroatoms. The lowest BCUT2D eigenvalue weighted by atomic mass is 10.1. The van der Waals surface area contributed by atoms with E-state index in [1.165, 1.54) is 26.3 Å². The number of sulfonamides is 1. The van der Waals surface area contributed by atoms with Crippen molar-refractivity contribution in [1.29, 1.82) is 0 Å². The summed E-state index contributed by atoms with van der Waals surface area (Å²) in [5.74, 6) is -0.881. The minimum Gasteiger partial charge on any atom is -0.496 e. The van der Waals surface area contributed by atoms with Crippen molar-refractivity contribution in [2.24, 2.45) is 0 Å². The number of hydrogen-bond acceptors (Lipinski definition) is 7. The molecule has 0 aliphatic heterocycles. The van der Waals surface area contributed by atoms with Gasteiger partial charge >= 0.3 is 11.9 Å². The van der Waals surface area contributed by atoms with Crippen LogP contribution < -0.4 is 4.74 Å². The summed E-state index contributed by atoms with van der Waals surface area (Å²) in [5.41, 5.74) is 0.690. The van der Waals surface area contributed by atoms with Crippen LogP contribution in [-0.2, 0) is 25.9 Å². The van der Waals surface area contributed by atoms with E-state index < -0.39 is 22.0 Å². The van der Waals surface area contributed by atoms with Crippen LogP contribution in [0.25, 0.3) is 0 Å². The fraction of sp³-hybridized carbons (Fsp3) is 0.300. The average Bonchev–Trinajstić information content (AvgIpc) is 2.75. The van der Waals surface area contributed by atoms with E-state index in [9.17, 15) is 18.0 Å². The zero-order valence-electron chi connectivity index (χ0n) is 16.7. The van der Waals surface area contributed by atoms with E-state index in [1.807, 2.05) is 18.2 Å². The van der Waals surface area contributed by atoms with Crippen LogP contribution >= 0.6 is 0 Å². The van der Waals surface area contributed by atoms with Gasteiger partial charge in [-0.1, -0.05) is 18.2 Å². The quantitative estimate of drug-likeness (QED) is 0.602. The normalized spacial score (nSPS) is 11.2. The number of hydrogen-bond donors (Lipinski definition) is 0. The second-order valence-electron chi connectivity index (χ2n) is 6.08. The Morgan fingerprint density at radius 1 is 0.966 bits per heavy atom. The summed E-state index contributed by atoms with van der Waals surface area (Å²) in [7, 11) is 1.18. The van der Waals surface area contributed by atoms with Gasteiger partial charge in [-0.25, -0.2) is 22.3 Å². The van der Waals surface area contributed by atoms with Crippen LogP contribution in [0.15, 0.2) is 47.4 Å². The molecule has 0 aliphatic rings. The number of carbonyl (C=O) groups excluding carboxylic acids is 2. The second-order valence-corrected chi connectivity index (χ2v) is 8.10. The van der Waals surface area contributed by atoms with E-state index in [-0.39, 0.29) is 22.6 Å². The van der Waals surface area contributed by atoms with Crippen molar-refractivity contribution in [2.45, 2.75) is 11.3 Å². The molecule has 0 fully saturated rings. The lowest BCUT2D eigenvalue weighted by Crippen LogP contribution is -2.30. The van der Waals surface area contributed by atoms with E-state index >= 15 is 0 Å². The standard InChI is InChI=1S/C20H23NO7S/c1-21(12-11-14-7-5-6-8-17(14)26-2)29(24,25)18-13-15(19(22)27-3)9-10-16(18)20(23)28-4/h5-10,13H,11-12H2,1-4H3. The molecular formula is C20H23NO7S. The van der Waals surface area contributed by atoms with Crippen LogP contribution in [0.2, 0.25) is 0 Å². The summed E-state index contributed by atoms with van der Waals surface area (Å²) in [5, 5.41) is 0. The third-order valence-electron chi connectivity index (χ3n) is 4.38. The number of rotatable bonds is 8. The number of nitrogens with zero attached hydrogens (tertiary/aromatic N) is 1. The number of carbonyl (C=O) groups is 2. The summed E-state index contributed by atoms with van der Waals surface area (Å²) in [6.45, 7) is 0.131. The first-order chi connectivity index (χ1) is 13.8. The van der Waals surface area contributed by atoms with Crippen molar-refractivity contribution in [3.8, 4) is 5.75 Å². The smallest absolute Gasteiger partial charge is 0.339 e. The monoisotopic (exact) mass is 421 g/mol. The SMILES string of the molecule is COC(=O)c1ccc(C(=O)OC)c(S(=O)(=O)N(C)CCc2ccccc2OC)c1. The Morgan fingerprint density at radius 2 is 1.62 bits per heavy atom. The summed E-state index contributed by atoms with van der Waals surface area (Å²) in [6.07, 6.45) is 0.393. The number of methoxy groups -OCH3 is 3. The summed E-state index contributed by atoms with van der Waals surface area (Å²) >= 11 is 0. The molecule has 2 aromatic carbocycles.